The van der Waals surface area contributed by atoms with Crippen LogP contribution in [0, 0.1) is 6.92 Å². The average Bonchev–Trinajstić information content (AvgIpc) is 2.58. The van der Waals surface area contributed by atoms with E-state index >= 15 is 0 Å². The molecule has 0 spiro atoms. The summed E-state index contributed by atoms with van der Waals surface area (Å²) in [5.41, 5.74) is 8.76. The van der Waals surface area contributed by atoms with Crippen LogP contribution < -0.4 is 11.2 Å². The lowest BCUT2D eigenvalue weighted by atomic mass is 9.84. The van der Waals surface area contributed by atoms with E-state index in [2.05, 4.69) is 11.1 Å². The molecule has 0 radical (unpaired) electrons. The molecule has 0 bridgehead atoms. The molecule has 1 aromatic carbocycles. The molecule has 1 aliphatic carbocycles. The first kappa shape index (κ1) is 14.2. The Morgan fingerprint density at radius 1 is 1.13 bits per heavy atom. The van der Waals surface area contributed by atoms with Crippen molar-refractivity contribution in [2.75, 3.05) is 5.73 Å². The van der Waals surface area contributed by atoms with Crippen LogP contribution in [0.4, 0.5) is 5.82 Å². The Morgan fingerprint density at radius 3 is 2.70 bits per heavy atom. The molecular weight excluding hydrogens is 288 g/mol. The summed E-state index contributed by atoms with van der Waals surface area (Å²) in [6.45, 7) is 1.85. The second-order valence-electron chi connectivity index (χ2n) is 6.56. The third-order valence-corrected chi connectivity index (χ3v) is 4.99. The van der Waals surface area contributed by atoms with E-state index in [1.165, 1.54) is 37.7 Å². The van der Waals surface area contributed by atoms with Crippen molar-refractivity contribution in [2.45, 2.75) is 44.9 Å². The Bertz CT molecular complexity index is 953. The highest BCUT2D eigenvalue weighted by molar-refractivity contribution is 5.89. The molecule has 4 nitrogen and oxygen atoms in total. The van der Waals surface area contributed by atoms with Crippen LogP contribution in [0.25, 0.3) is 22.1 Å². The Balaban J connectivity index is 1.93. The van der Waals surface area contributed by atoms with E-state index in [-0.39, 0.29) is 5.43 Å². The number of nitrogens with zero attached hydrogens (tertiary/aromatic N) is 1. The van der Waals surface area contributed by atoms with Crippen molar-refractivity contribution in [3.63, 3.8) is 0 Å². The highest BCUT2D eigenvalue weighted by atomic mass is 16.3. The third-order valence-electron chi connectivity index (χ3n) is 4.99. The van der Waals surface area contributed by atoms with Gasteiger partial charge in [0.15, 0.2) is 0 Å². The lowest BCUT2D eigenvalue weighted by Crippen LogP contribution is -2.08. The molecule has 2 aromatic heterocycles. The summed E-state index contributed by atoms with van der Waals surface area (Å²) < 4.78 is 5.81. The number of benzene rings is 1. The molecule has 3 aromatic rings. The number of nitrogen functional groups attached to an aromatic ring is 1. The first-order valence-electron chi connectivity index (χ1n) is 8.27. The Hall–Kier alpha value is -2.36. The van der Waals surface area contributed by atoms with Crippen LogP contribution in [0.2, 0.25) is 0 Å². The third kappa shape index (κ3) is 2.38. The summed E-state index contributed by atoms with van der Waals surface area (Å²) in [6.07, 6.45) is 6.29. The fourth-order valence-corrected chi connectivity index (χ4v) is 3.60. The minimum atomic E-state index is -0.0190. The van der Waals surface area contributed by atoms with Gasteiger partial charge in [0.05, 0.1) is 10.8 Å². The molecule has 4 rings (SSSR count). The van der Waals surface area contributed by atoms with Gasteiger partial charge in [0.1, 0.15) is 11.4 Å². The van der Waals surface area contributed by atoms with Crippen LogP contribution in [0.3, 0.4) is 0 Å². The van der Waals surface area contributed by atoms with Gasteiger partial charge < -0.3 is 10.2 Å². The van der Waals surface area contributed by atoms with E-state index in [0.717, 1.165) is 5.56 Å². The van der Waals surface area contributed by atoms with E-state index in [9.17, 15) is 4.79 Å². The van der Waals surface area contributed by atoms with E-state index in [1.807, 2.05) is 19.1 Å². The molecule has 0 saturated heterocycles. The Morgan fingerprint density at radius 2 is 1.91 bits per heavy atom. The fraction of sp³-hybridized carbons (Fsp3) is 0.368. The quantitative estimate of drug-likeness (QED) is 0.681. The zero-order chi connectivity index (χ0) is 16.0. The molecule has 2 heterocycles. The smallest absolute Gasteiger partial charge is 0.232 e. The number of pyridine rings is 1. The Labute approximate surface area is 134 Å². The predicted molar refractivity (Wildman–Crippen MR) is 92.8 cm³/mol. The molecule has 118 valence electrons. The monoisotopic (exact) mass is 308 g/mol. The number of aromatic nitrogens is 1. The van der Waals surface area contributed by atoms with Gasteiger partial charge in [0.25, 0.3) is 0 Å². The number of hydrogen-bond donors (Lipinski definition) is 1. The van der Waals surface area contributed by atoms with Crippen LogP contribution >= 0.6 is 0 Å². The van der Waals surface area contributed by atoms with Crippen molar-refractivity contribution >= 4 is 27.9 Å². The summed E-state index contributed by atoms with van der Waals surface area (Å²) >= 11 is 0. The van der Waals surface area contributed by atoms with Crippen molar-refractivity contribution in [3.05, 3.63) is 45.6 Å². The molecular formula is C19H20N2O2. The topological polar surface area (TPSA) is 69.1 Å². The largest absolute Gasteiger partial charge is 0.437 e. The number of hydrogen-bond acceptors (Lipinski definition) is 4. The predicted octanol–water partition coefficient (Wildman–Crippen LogP) is 4.28. The van der Waals surface area contributed by atoms with Gasteiger partial charge >= 0.3 is 0 Å². The van der Waals surface area contributed by atoms with E-state index in [0.29, 0.717) is 33.8 Å². The van der Waals surface area contributed by atoms with Gasteiger partial charge in [-0.1, -0.05) is 25.3 Å². The molecule has 0 amide bonds. The zero-order valence-electron chi connectivity index (χ0n) is 13.3. The molecule has 1 saturated carbocycles. The fourth-order valence-electron chi connectivity index (χ4n) is 3.60. The van der Waals surface area contributed by atoms with Gasteiger partial charge in [-0.05, 0) is 55.0 Å². The number of anilines is 1. The van der Waals surface area contributed by atoms with Gasteiger partial charge in [0, 0.05) is 0 Å². The molecule has 23 heavy (non-hydrogen) atoms. The highest BCUT2D eigenvalue weighted by Gasteiger charge is 2.17. The van der Waals surface area contributed by atoms with Crippen LogP contribution in [-0.2, 0) is 0 Å². The standard InChI is InChI=1S/C19H20N2O2/c1-11-9-15-17(22)14-10-13(12-5-3-2-4-6-12)7-8-16(14)23-19(15)21-18(11)20/h7-10,12H,2-6H2,1H3,(H2,20,21). The number of fused-ring (bicyclic) bond motifs is 2. The molecule has 1 fully saturated rings. The maximum atomic E-state index is 12.8. The number of rotatable bonds is 1. The van der Waals surface area contributed by atoms with Crippen LogP contribution in [0.5, 0.6) is 0 Å². The summed E-state index contributed by atoms with van der Waals surface area (Å²) in [6, 6.07) is 7.78. The summed E-state index contributed by atoms with van der Waals surface area (Å²) in [7, 11) is 0. The van der Waals surface area contributed by atoms with Crippen LogP contribution in [0.1, 0.15) is 49.1 Å². The average molecular weight is 308 g/mol. The SMILES string of the molecule is Cc1cc2c(=O)c3cc(C4CCCCC4)ccc3oc2nc1N. The van der Waals surface area contributed by atoms with Crippen LogP contribution in [-0.4, -0.2) is 4.98 Å². The molecule has 2 N–H and O–H groups in total. The minimum Gasteiger partial charge on any atom is -0.437 e. The molecule has 0 atom stereocenters. The maximum absolute atomic E-state index is 12.8. The van der Waals surface area contributed by atoms with E-state index in [1.54, 1.807) is 6.07 Å². The minimum absolute atomic E-state index is 0.0190. The van der Waals surface area contributed by atoms with E-state index in [4.69, 9.17) is 10.2 Å². The van der Waals surface area contributed by atoms with Gasteiger partial charge in [-0.2, -0.15) is 4.98 Å². The van der Waals surface area contributed by atoms with Gasteiger partial charge in [-0.3, -0.25) is 4.79 Å². The van der Waals surface area contributed by atoms with Crippen LogP contribution in [0.15, 0.2) is 33.5 Å². The first-order chi connectivity index (χ1) is 11.1. The van der Waals surface area contributed by atoms with Crippen molar-refractivity contribution in [1.82, 2.24) is 4.98 Å². The normalized spacial score (nSPS) is 16.2. The van der Waals surface area contributed by atoms with Gasteiger partial charge in [0.2, 0.25) is 11.1 Å². The molecule has 0 aliphatic heterocycles. The number of aryl methyl sites for hydroxylation is 1. The second-order valence-corrected chi connectivity index (χ2v) is 6.56. The maximum Gasteiger partial charge on any atom is 0.232 e. The first-order valence-corrected chi connectivity index (χ1v) is 8.27. The highest BCUT2D eigenvalue weighted by Crippen LogP contribution is 2.34. The summed E-state index contributed by atoms with van der Waals surface area (Å²) in [5, 5.41) is 1.15. The van der Waals surface area contributed by atoms with Gasteiger partial charge in [-0.15, -0.1) is 0 Å². The van der Waals surface area contributed by atoms with Crippen molar-refractivity contribution < 1.29 is 4.42 Å². The summed E-state index contributed by atoms with van der Waals surface area (Å²) in [4.78, 5) is 17.1. The van der Waals surface area contributed by atoms with E-state index < -0.39 is 0 Å². The second kappa shape index (κ2) is 5.37. The lowest BCUT2D eigenvalue weighted by Gasteiger charge is -2.22. The van der Waals surface area contributed by atoms with Crippen molar-refractivity contribution in [1.29, 1.82) is 0 Å². The Kier molecular flexibility index (Phi) is 3.33. The molecule has 1 aliphatic rings. The lowest BCUT2D eigenvalue weighted by molar-refractivity contribution is 0.444. The number of nitrogens with two attached hydrogens (primary N) is 1. The van der Waals surface area contributed by atoms with Gasteiger partial charge in [-0.25, -0.2) is 0 Å². The van der Waals surface area contributed by atoms with Crippen molar-refractivity contribution in [3.8, 4) is 0 Å². The molecule has 0 unspecified atom stereocenters. The zero-order valence-corrected chi connectivity index (χ0v) is 13.3. The van der Waals surface area contributed by atoms with Crippen molar-refractivity contribution in [2.24, 2.45) is 0 Å². The summed E-state index contributed by atoms with van der Waals surface area (Å²) in [5.74, 6) is 0.966. The molecule has 4 heteroatoms.